The molecule has 0 saturated carbocycles. The predicted molar refractivity (Wildman–Crippen MR) is 135 cm³/mol. The van der Waals surface area contributed by atoms with E-state index in [4.69, 9.17) is 5.73 Å². The molecule has 0 saturated heterocycles. The first-order chi connectivity index (χ1) is 16.8. The summed E-state index contributed by atoms with van der Waals surface area (Å²) in [6.07, 6.45) is 1.70. The maximum Gasteiger partial charge on any atom is 0.336 e. The van der Waals surface area contributed by atoms with Gasteiger partial charge in [-0.3, -0.25) is 4.79 Å². The lowest BCUT2D eigenvalue weighted by molar-refractivity contribution is 0.102. The molecular formula is C24H19N5O4S2. The second-order valence-corrected chi connectivity index (χ2v) is 10.5. The lowest BCUT2D eigenvalue weighted by atomic mass is 10.1. The van der Waals surface area contributed by atoms with Crippen molar-refractivity contribution in [3.05, 3.63) is 89.4 Å². The van der Waals surface area contributed by atoms with Crippen LogP contribution in [0.3, 0.4) is 0 Å². The minimum atomic E-state index is -4.00. The Hall–Kier alpha value is -4.22. The van der Waals surface area contributed by atoms with Crippen LogP contribution in [0.15, 0.2) is 83.2 Å². The van der Waals surface area contributed by atoms with Crippen LogP contribution < -0.4 is 16.4 Å². The van der Waals surface area contributed by atoms with Crippen molar-refractivity contribution in [1.29, 1.82) is 0 Å². The molecule has 4 N–H and O–H groups in total. The van der Waals surface area contributed by atoms with E-state index in [2.05, 4.69) is 15.6 Å². The fourth-order valence-corrected chi connectivity index (χ4v) is 5.75. The van der Waals surface area contributed by atoms with E-state index in [0.717, 1.165) is 14.9 Å². The molecule has 0 fully saturated rings. The zero-order valence-electron chi connectivity index (χ0n) is 18.1. The van der Waals surface area contributed by atoms with Crippen molar-refractivity contribution in [2.24, 2.45) is 0 Å². The van der Waals surface area contributed by atoms with Crippen LogP contribution in [-0.2, 0) is 16.6 Å². The molecule has 4 aromatic rings. The molecule has 0 aliphatic carbocycles. The van der Waals surface area contributed by atoms with Crippen LogP contribution in [0, 0.1) is 0 Å². The number of urea groups is 1. The van der Waals surface area contributed by atoms with Gasteiger partial charge in [0.1, 0.15) is 9.90 Å². The number of amides is 3. The number of benzene rings is 3. The van der Waals surface area contributed by atoms with E-state index in [1.807, 2.05) is 11.4 Å². The number of carbonyl (C=O) groups excluding carboxylic acids is 2. The van der Waals surface area contributed by atoms with E-state index < -0.39 is 16.1 Å². The van der Waals surface area contributed by atoms with Gasteiger partial charge in [0.05, 0.1) is 23.6 Å². The van der Waals surface area contributed by atoms with Gasteiger partial charge in [0.25, 0.3) is 15.9 Å². The van der Waals surface area contributed by atoms with E-state index in [1.165, 1.54) is 23.5 Å². The molecule has 11 heteroatoms. The Morgan fingerprint density at radius 2 is 1.86 bits per heavy atom. The molecule has 3 amide bonds. The predicted octanol–water partition coefficient (Wildman–Crippen LogP) is 4.38. The molecular weight excluding hydrogens is 486 g/mol. The number of hydrogen-bond donors (Lipinski definition) is 3. The van der Waals surface area contributed by atoms with Gasteiger partial charge in [-0.25, -0.2) is 22.5 Å². The van der Waals surface area contributed by atoms with E-state index in [1.54, 1.807) is 54.7 Å². The Balaban J connectivity index is 1.32. The highest BCUT2D eigenvalue weighted by Gasteiger charge is 2.36. The van der Waals surface area contributed by atoms with Crippen molar-refractivity contribution in [2.45, 2.75) is 11.4 Å². The molecule has 9 nitrogen and oxygen atoms in total. The van der Waals surface area contributed by atoms with Gasteiger partial charge in [0.15, 0.2) is 0 Å². The number of nitrogens with zero attached hydrogens (tertiary/aromatic N) is 2. The Kier molecular flexibility index (Phi) is 5.71. The van der Waals surface area contributed by atoms with E-state index in [9.17, 15) is 18.0 Å². The second-order valence-electron chi connectivity index (χ2n) is 7.73. The number of nitrogens with one attached hydrogen (secondary N) is 2. The lowest BCUT2D eigenvalue weighted by Gasteiger charge is -2.28. The largest absolute Gasteiger partial charge is 0.397 e. The van der Waals surface area contributed by atoms with E-state index >= 15 is 0 Å². The third-order valence-corrected chi connectivity index (χ3v) is 8.06. The van der Waals surface area contributed by atoms with Gasteiger partial charge < -0.3 is 16.4 Å². The van der Waals surface area contributed by atoms with Gasteiger partial charge in [0.2, 0.25) is 0 Å². The van der Waals surface area contributed by atoms with Crippen molar-refractivity contribution in [3.63, 3.8) is 0 Å². The van der Waals surface area contributed by atoms with Gasteiger partial charge in [-0.2, -0.15) is 0 Å². The van der Waals surface area contributed by atoms with Crippen molar-refractivity contribution in [1.82, 2.24) is 9.29 Å². The third kappa shape index (κ3) is 4.34. The van der Waals surface area contributed by atoms with Gasteiger partial charge >= 0.3 is 6.03 Å². The quantitative estimate of drug-likeness (QED) is 0.345. The monoisotopic (exact) mass is 505 g/mol. The number of carbonyl (C=O) groups is 2. The molecule has 2 heterocycles. The molecule has 1 aliphatic rings. The minimum absolute atomic E-state index is 0.0353. The standard InChI is InChI=1S/C24H19N5O4S2/c25-18-10-9-17(23-26-11-12-34-23)13-20(18)27-22(30)16-7-5-15(6-8-16)14-29-24(31)28-19-3-1-2-4-21(19)35(29,32)33/h1-13H,14,25H2,(H,27,30)(H,28,31). The molecule has 0 radical (unpaired) electrons. The maximum atomic E-state index is 12.9. The Labute approximate surface area is 205 Å². The Morgan fingerprint density at radius 3 is 2.60 bits per heavy atom. The first kappa shape index (κ1) is 22.6. The number of aromatic nitrogens is 1. The van der Waals surface area contributed by atoms with Crippen molar-refractivity contribution in [3.8, 4) is 10.6 Å². The molecule has 5 rings (SSSR count). The smallest absolute Gasteiger partial charge is 0.336 e. The number of thiazole rings is 1. The number of sulfonamides is 1. The SMILES string of the molecule is Nc1ccc(-c2nccs2)cc1NC(=O)c1ccc(CN2C(=O)Nc3ccccc3S2(=O)=O)cc1. The summed E-state index contributed by atoms with van der Waals surface area (Å²) in [7, 11) is -4.00. The summed E-state index contributed by atoms with van der Waals surface area (Å²) in [6, 6.07) is 17.1. The van der Waals surface area contributed by atoms with Crippen molar-refractivity contribution < 1.29 is 18.0 Å². The molecule has 0 atom stereocenters. The zero-order valence-corrected chi connectivity index (χ0v) is 19.8. The van der Waals surface area contributed by atoms with Gasteiger partial charge in [0, 0.05) is 22.7 Å². The highest BCUT2D eigenvalue weighted by atomic mass is 32.2. The molecule has 176 valence electrons. The molecule has 0 unspecified atom stereocenters. The summed E-state index contributed by atoms with van der Waals surface area (Å²) < 4.78 is 26.6. The fourth-order valence-electron chi connectivity index (χ4n) is 3.64. The number of rotatable bonds is 5. The second kappa shape index (κ2) is 8.85. The zero-order chi connectivity index (χ0) is 24.6. The number of hydrogen-bond acceptors (Lipinski definition) is 7. The van der Waals surface area contributed by atoms with Crippen LogP contribution in [-0.4, -0.2) is 29.6 Å². The first-order valence-electron chi connectivity index (χ1n) is 10.5. The van der Waals surface area contributed by atoms with E-state index in [-0.39, 0.29) is 23.0 Å². The van der Waals surface area contributed by atoms with E-state index in [0.29, 0.717) is 22.5 Å². The fraction of sp³-hybridized carbons (Fsp3) is 0.0417. The number of anilines is 3. The highest BCUT2D eigenvalue weighted by Crippen LogP contribution is 2.31. The van der Waals surface area contributed by atoms with Gasteiger partial charge in [-0.05, 0) is 48.0 Å². The summed E-state index contributed by atoms with van der Waals surface area (Å²) in [5.74, 6) is -0.378. The molecule has 0 spiro atoms. The normalized spacial score (nSPS) is 14.2. The topological polar surface area (TPSA) is 134 Å². The maximum absolute atomic E-state index is 12.9. The molecule has 35 heavy (non-hydrogen) atoms. The van der Waals surface area contributed by atoms with Crippen molar-refractivity contribution in [2.75, 3.05) is 16.4 Å². The summed E-state index contributed by atoms with van der Waals surface area (Å²) in [6.45, 7) is -0.173. The minimum Gasteiger partial charge on any atom is -0.397 e. The first-order valence-corrected chi connectivity index (χ1v) is 12.8. The highest BCUT2D eigenvalue weighted by molar-refractivity contribution is 7.90. The average molecular weight is 506 g/mol. The van der Waals surface area contributed by atoms with Crippen LogP contribution in [0.5, 0.6) is 0 Å². The number of nitrogen functional groups attached to an aromatic ring is 1. The third-order valence-electron chi connectivity index (χ3n) is 5.45. The molecule has 3 aromatic carbocycles. The number of nitrogens with two attached hydrogens (primary N) is 1. The molecule has 0 bridgehead atoms. The Morgan fingerprint density at radius 1 is 1.09 bits per heavy atom. The molecule has 1 aromatic heterocycles. The summed E-state index contributed by atoms with van der Waals surface area (Å²) in [4.78, 5) is 29.6. The average Bonchev–Trinajstić information content (AvgIpc) is 3.39. The summed E-state index contributed by atoms with van der Waals surface area (Å²) >= 11 is 1.48. The van der Waals surface area contributed by atoms with Crippen LogP contribution in [0.1, 0.15) is 15.9 Å². The lowest BCUT2D eigenvalue weighted by Crippen LogP contribution is -2.43. The van der Waals surface area contributed by atoms with Crippen LogP contribution in [0.2, 0.25) is 0 Å². The van der Waals surface area contributed by atoms with Gasteiger partial charge in [-0.15, -0.1) is 11.3 Å². The number of fused-ring (bicyclic) bond motifs is 1. The van der Waals surface area contributed by atoms with Gasteiger partial charge in [-0.1, -0.05) is 24.3 Å². The van der Waals surface area contributed by atoms with Crippen LogP contribution in [0.4, 0.5) is 21.9 Å². The number of para-hydroxylation sites is 1. The molecule has 1 aliphatic heterocycles. The summed E-state index contributed by atoms with van der Waals surface area (Å²) in [5, 5.41) is 8.07. The van der Waals surface area contributed by atoms with Crippen LogP contribution in [0.25, 0.3) is 10.6 Å². The Bertz CT molecular complexity index is 1530. The van der Waals surface area contributed by atoms with Crippen LogP contribution >= 0.6 is 11.3 Å². The van der Waals surface area contributed by atoms with Crippen molar-refractivity contribution >= 4 is 50.4 Å². The summed E-state index contributed by atoms with van der Waals surface area (Å²) in [5.41, 5.74) is 8.89.